The lowest BCUT2D eigenvalue weighted by Crippen LogP contribution is -2.52. The lowest BCUT2D eigenvalue weighted by molar-refractivity contribution is -0.142. The summed E-state index contributed by atoms with van der Waals surface area (Å²) in [6.45, 7) is 3.92. The first-order chi connectivity index (χ1) is 14.8. The fourth-order valence-corrected chi connectivity index (χ4v) is 3.10. The summed E-state index contributed by atoms with van der Waals surface area (Å²) in [4.78, 5) is 36.6. The van der Waals surface area contributed by atoms with E-state index in [1.54, 1.807) is 0 Å². The summed E-state index contributed by atoms with van der Waals surface area (Å²) >= 11 is 0. The van der Waals surface area contributed by atoms with Gasteiger partial charge in [-0.25, -0.2) is 9.59 Å². The van der Waals surface area contributed by atoms with E-state index in [0.717, 1.165) is 11.1 Å². The van der Waals surface area contributed by atoms with Crippen LogP contribution in [0.2, 0.25) is 0 Å². The smallest absolute Gasteiger partial charge is 0.408 e. The van der Waals surface area contributed by atoms with Crippen LogP contribution < -0.4 is 10.6 Å². The van der Waals surface area contributed by atoms with Crippen molar-refractivity contribution < 1.29 is 24.2 Å². The number of aliphatic carboxylic acids is 1. The maximum absolute atomic E-state index is 12.8. The van der Waals surface area contributed by atoms with Crippen molar-refractivity contribution in [1.29, 1.82) is 0 Å². The minimum Gasteiger partial charge on any atom is -0.480 e. The van der Waals surface area contributed by atoms with Crippen molar-refractivity contribution in [3.8, 4) is 0 Å². The predicted octanol–water partition coefficient (Wildman–Crippen LogP) is 3.53. The third-order valence-electron chi connectivity index (χ3n) is 4.71. The highest BCUT2D eigenvalue weighted by atomic mass is 16.5. The van der Waals surface area contributed by atoms with Crippen LogP contribution in [0, 0.1) is 5.92 Å². The highest BCUT2D eigenvalue weighted by molar-refractivity contribution is 5.89. The fraction of sp³-hybridized carbons (Fsp3) is 0.375. The zero-order valence-electron chi connectivity index (χ0n) is 17.9. The molecule has 0 bridgehead atoms. The van der Waals surface area contributed by atoms with Crippen LogP contribution in [0.4, 0.5) is 4.79 Å². The van der Waals surface area contributed by atoms with Gasteiger partial charge in [-0.15, -0.1) is 0 Å². The molecule has 7 nitrogen and oxygen atoms in total. The summed E-state index contributed by atoms with van der Waals surface area (Å²) in [6.07, 6.45) is 0.398. The first-order valence-corrected chi connectivity index (χ1v) is 10.4. The molecule has 0 radical (unpaired) electrons. The number of rotatable bonds is 11. The average Bonchev–Trinajstić information content (AvgIpc) is 2.75. The molecule has 0 fully saturated rings. The molecule has 0 spiro atoms. The summed E-state index contributed by atoms with van der Waals surface area (Å²) in [7, 11) is 0. The Balaban J connectivity index is 1.94. The van der Waals surface area contributed by atoms with E-state index in [4.69, 9.17) is 4.74 Å². The quantitative estimate of drug-likeness (QED) is 0.510. The number of carboxylic acids is 1. The molecular formula is C24H30N2O5. The van der Waals surface area contributed by atoms with Crippen molar-refractivity contribution in [2.75, 3.05) is 0 Å². The van der Waals surface area contributed by atoms with Crippen molar-refractivity contribution in [2.24, 2.45) is 5.92 Å². The molecule has 2 amide bonds. The number of carboxylic acid groups (broad SMARTS) is 1. The van der Waals surface area contributed by atoms with Gasteiger partial charge < -0.3 is 20.5 Å². The van der Waals surface area contributed by atoms with Crippen LogP contribution in [-0.4, -0.2) is 35.2 Å². The molecule has 0 saturated heterocycles. The molecule has 0 aliphatic heterocycles. The van der Waals surface area contributed by atoms with Gasteiger partial charge in [0.05, 0.1) is 0 Å². The van der Waals surface area contributed by atoms with Crippen LogP contribution in [0.5, 0.6) is 0 Å². The predicted molar refractivity (Wildman–Crippen MR) is 117 cm³/mol. The monoisotopic (exact) mass is 426 g/mol. The SMILES string of the molecule is CC(C)C[C@H](NC(=O)OCc1ccccc1)C(=O)N[C@H](CCc1ccccc1)C(=O)O. The number of amides is 2. The molecule has 0 aromatic heterocycles. The lowest BCUT2D eigenvalue weighted by Gasteiger charge is -2.22. The highest BCUT2D eigenvalue weighted by Gasteiger charge is 2.27. The van der Waals surface area contributed by atoms with E-state index in [2.05, 4.69) is 10.6 Å². The largest absolute Gasteiger partial charge is 0.480 e. The second kappa shape index (κ2) is 12.4. The van der Waals surface area contributed by atoms with E-state index in [0.29, 0.717) is 12.8 Å². The number of alkyl carbamates (subject to hydrolysis) is 1. The number of benzene rings is 2. The average molecular weight is 427 g/mol. The third-order valence-corrected chi connectivity index (χ3v) is 4.71. The zero-order valence-corrected chi connectivity index (χ0v) is 17.9. The van der Waals surface area contributed by atoms with Crippen LogP contribution in [0.1, 0.15) is 37.8 Å². The molecule has 0 aliphatic carbocycles. The highest BCUT2D eigenvalue weighted by Crippen LogP contribution is 2.09. The van der Waals surface area contributed by atoms with Crippen molar-refractivity contribution in [2.45, 2.75) is 51.8 Å². The van der Waals surface area contributed by atoms with Crippen LogP contribution in [0.3, 0.4) is 0 Å². The van der Waals surface area contributed by atoms with E-state index in [1.807, 2.05) is 74.5 Å². The van der Waals surface area contributed by atoms with Crippen LogP contribution in [0.25, 0.3) is 0 Å². The summed E-state index contributed by atoms with van der Waals surface area (Å²) < 4.78 is 5.20. The Morgan fingerprint density at radius 3 is 2.00 bits per heavy atom. The number of carbonyl (C=O) groups excluding carboxylic acids is 2. The molecule has 2 atom stereocenters. The first kappa shape index (κ1) is 23.9. The molecule has 2 aromatic carbocycles. The number of ether oxygens (including phenoxy) is 1. The maximum Gasteiger partial charge on any atom is 0.408 e. The fourth-order valence-electron chi connectivity index (χ4n) is 3.10. The van der Waals surface area contributed by atoms with Gasteiger partial charge in [-0.3, -0.25) is 4.79 Å². The molecule has 2 aromatic rings. The van der Waals surface area contributed by atoms with Gasteiger partial charge in [0.1, 0.15) is 18.7 Å². The number of nitrogens with one attached hydrogen (secondary N) is 2. The Morgan fingerprint density at radius 1 is 0.871 bits per heavy atom. The molecule has 31 heavy (non-hydrogen) atoms. The van der Waals surface area contributed by atoms with Crippen molar-refractivity contribution in [1.82, 2.24) is 10.6 Å². The Hall–Kier alpha value is -3.35. The van der Waals surface area contributed by atoms with Crippen molar-refractivity contribution in [3.05, 3.63) is 71.8 Å². The molecule has 0 saturated carbocycles. The number of aryl methyl sites for hydroxylation is 1. The summed E-state index contributed by atoms with van der Waals surface area (Å²) in [6, 6.07) is 16.7. The zero-order chi connectivity index (χ0) is 22.6. The van der Waals surface area contributed by atoms with E-state index in [9.17, 15) is 19.5 Å². The first-order valence-electron chi connectivity index (χ1n) is 10.4. The van der Waals surface area contributed by atoms with Gasteiger partial charge in [-0.1, -0.05) is 74.5 Å². The second-order valence-electron chi connectivity index (χ2n) is 7.81. The van der Waals surface area contributed by atoms with E-state index >= 15 is 0 Å². The van der Waals surface area contributed by atoms with Gasteiger partial charge in [0.25, 0.3) is 0 Å². The van der Waals surface area contributed by atoms with Gasteiger partial charge in [-0.05, 0) is 36.3 Å². The van der Waals surface area contributed by atoms with Gasteiger partial charge in [0, 0.05) is 0 Å². The van der Waals surface area contributed by atoms with Gasteiger partial charge in [-0.2, -0.15) is 0 Å². The van der Waals surface area contributed by atoms with E-state index in [-0.39, 0.29) is 18.9 Å². The van der Waals surface area contributed by atoms with Crippen LogP contribution >= 0.6 is 0 Å². The maximum atomic E-state index is 12.8. The molecule has 0 heterocycles. The molecular weight excluding hydrogens is 396 g/mol. The molecule has 2 rings (SSSR count). The molecule has 7 heteroatoms. The normalized spacial score (nSPS) is 12.6. The third kappa shape index (κ3) is 8.90. The molecule has 166 valence electrons. The minimum atomic E-state index is -1.11. The summed E-state index contributed by atoms with van der Waals surface area (Å²) in [5.74, 6) is -1.54. The van der Waals surface area contributed by atoms with Gasteiger partial charge >= 0.3 is 12.1 Å². The Labute approximate surface area is 182 Å². The standard InChI is InChI=1S/C24H30N2O5/c1-17(2)15-21(26-24(30)31-16-19-11-7-4-8-12-19)22(27)25-20(23(28)29)14-13-18-9-5-3-6-10-18/h3-12,17,20-21H,13-16H2,1-2H3,(H,25,27)(H,26,30)(H,28,29)/t20-,21+/m1/s1. The summed E-state index contributed by atoms with van der Waals surface area (Å²) in [5, 5.41) is 14.7. The van der Waals surface area contributed by atoms with Gasteiger partial charge in [0.15, 0.2) is 0 Å². The van der Waals surface area contributed by atoms with Crippen LogP contribution in [0.15, 0.2) is 60.7 Å². The number of hydrogen-bond acceptors (Lipinski definition) is 4. The van der Waals surface area contributed by atoms with E-state index in [1.165, 1.54) is 0 Å². The molecule has 0 unspecified atom stereocenters. The van der Waals surface area contributed by atoms with Crippen molar-refractivity contribution in [3.63, 3.8) is 0 Å². The number of hydrogen-bond donors (Lipinski definition) is 3. The Kier molecular flexibility index (Phi) is 9.55. The Morgan fingerprint density at radius 2 is 1.45 bits per heavy atom. The minimum absolute atomic E-state index is 0.0809. The molecule has 3 N–H and O–H groups in total. The molecule has 0 aliphatic rings. The lowest BCUT2D eigenvalue weighted by atomic mass is 10.0. The van der Waals surface area contributed by atoms with Crippen molar-refractivity contribution >= 4 is 18.0 Å². The number of carbonyl (C=O) groups is 3. The van der Waals surface area contributed by atoms with Gasteiger partial charge in [0.2, 0.25) is 5.91 Å². The van der Waals surface area contributed by atoms with E-state index < -0.39 is 30.1 Å². The topological polar surface area (TPSA) is 105 Å². The van der Waals surface area contributed by atoms with Crippen LogP contribution in [-0.2, 0) is 27.4 Å². The Bertz CT molecular complexity index is 840. The summed E-state index contributed by atoms with van der Waals surface area (Å²) in [5.41, 5.74) is 1.82. The second-order valence-corrected chi connectivity index (χ2v) is 7.81.